The van der Waals surface area contributed by atoms with Crippen molar-refractivity contribution in [3.8, 4) is 11.4 Å². The number of aromatic nitrogens is 3. The van der Waals surface area contributed by atoms with E-state index >= 15 is 0 Å². The van der Waals surface area contributed by atoms with Crippen molar-refractivity contribution in [2.75, 3.05) is 6.54 Å². The summed E-state index contributed by atoms with van der Waals surface area (Å²) < 4.78 is 2.06. The van der Waals surface area contributed by atoms with E-state index in [9.17, 15) is 9.59 Å². The lowest BCUT2D eigenvalue weighted by Gasteiger charge is -2.36. The van der Waals surface area contributed by atoms with E-state index < -0.39 is 5.54 Å². The molecule has 3 rings (SSSR count). The molecule has 0 saturated heterocycles. The molecular weight excluding hydrogens is 398 g/mol. The zero-order valence-corrected chi connectivity index (χ0v) is 18.6. The lowest BCUT2D eigenvalue weighted by Crippen LogP contribution is -2.60. The third-order valence-electron chi connectivity index (χ3n) is 5.71. The fourth-order valence-electron chi connectivity index (χ4n) is 3.95. The first kappa shape index (κ1) is 22.2. The number of carbonyl (C=O) groups is 2. The van der Waals surface area contributed by atoms with E-state index in [0.29, 0.717) is 30.0 Å². The molecule has 1 aromatic carbocycles. The number of nitrogens with zero attached hydrogens (tertiary/aromatic N) is 2. The zero-order chi connectivity index (χ0) is 21.6. The number of unbranched alkanes of at least 4 members (excludes halogenated alkanes) is 1. The van der Waals surface area contributed by atoms with Crippen LogP contribution >= 0.6 is 12.2 Å². The first-order valence-electron chi connectivity index (χ1n) is 10.8. The van der Waals surface area contributed by atoms with Crippen LogP contribution in [-0.4, -0.2) is 38.7 Å². The van der Waals surface area contributed by atoms with Crippen LogP contribution in [0.1, 0.15) is 57.4 Å². The van der Waals surface area contributed by atoms with Gasteiger partial charge in [0.15, 0.2) is 10.6 Å². The predicted octanol–water partition coefficient (Wildman–Crippen LogP) is 3.65. The summed E-state index contributed by atoms with van der Waals surface area (Å²) in [5.74, 6) is 0.312. The van der Waals surface area contributed by atoms with Gasteiger partial charge < -0.3 is 10.6 Å². The highest BCUT2D eigenvalue weighted by atomic mass is 32.1. The van der Waals surface area contributed by atoms with Crippen LogP contribution in [0.4, 0.5) is 0 Å². The second-order valence-corrected chi connectivity index (χ2v) is 8.49. The Bertz CT molecular complexity index is 926. The van der Waals surface area contributed by atoms with Gasteiger partial charge in [-0.25, -0.2) is 0 Å². The minimum absolute atomic E-state index is 0.0164. The molecule has 2 amide bonds. The molecule has 2 aromatic rings. The van der Waals surface area contributed by atoms with Crippen LogP contribution in [0.2, 0.25) is 0 Å². The molecule has 0 radical (unpaired) electrons. The quantitative estimate of drug-likeness (QED) is 0.441. The smallest absolute Gasteiger partial charge is 0.245 e. The number of nitrogens with one attached hydrogen (secondary N) is 3. The van der Waals surface area contributed by atoms with Gasteiger partial charge in [-0.1, -0.05) is 62.4 Å². The number of hydrogen-bond donors (Lipinski definition) is 3. The SMILES string of the molecule is CCCCNC(=O)C1(NC(=O)Cn2c(-c3ccc(C)cc3)n[nH]c2=S)CCCCC1. The molecule has 0 bridgehead atoms. The van der Waals surface area contributed by atoms with E-state index in [-0.39, 0.29) is 18.4 Å². The van der Waals surface area contributed by atoms with E-state index in [1.165, 1.54) is 0 Å². The first-order chi connectivity index (χ1) is 14.4. The third kappa shape index (κ3) is 5.16. The molecule has 1 heterocycles. The van der Waals surface area contributed by atoms with Crippen molar-refractivity contribution in [2.24, 2.45) is 0 Å². The molecular formula is C22H31N5O2S. The molecule has 0 spiro atoms. The van der Waals surface area contributed by atoms with Gasteiger partial charge in [0.2, 0.25) is 11.8 Å². The topological polar surface area (TPSA) is 91.8 Å². The molecule has 0 unspecified atom stereocenters. The lowest BCUT2D eigenvalue weighted by atomic mass is 9.80. The predicted molar refractivity (Wildman–Crippen MR) is 119 cm³/mol. The summed E-state index contributed by atoms with van der Waals surface area (Å²) in [6, 6.07) is 7.90. The van der Waals surface area contributed by atoms with Gasteiger partial charge in [0.25, 0.3) is 0 Å². The molecule has 1 fully saturated rings. The largest absolute Gasteiger partial charge is 0.354 e. The fraction of sp³-hybridized carbons (Fsp3) is 0.545. The van der Waals surface area contributed by atoms with Crippen molar-refractivity contribution in [1.82, 2.24) is 25.4 Å². The number of aromatic amines is 1. The van der Waals surface area contributed by atoms with Gasteiger partial charge in [0, 0.05) is 12.1 Å². The molecule has 3 N–H and O–H groups in total. The van der Waals surface area contributed by atoms with Crippen LogP contribution in [0.5, 0.6) is 0 Å². The average molecular weight is 430 g/mol. The average Bonchev–Trinajstić information content (AvgIpc) is 3.09. The molecule has 0 aliphatic heterocycles. The first-order valence-corrected chi connectivity index (χ1v) is 11.2. The van der Waals surface area contributed by atoms with E-state index in [0.717, 1.165) is 43.2 Å². The van der Waals surface area contributed by atoms with Gasteiger partial charge in [-0.15, -0.1) is 0 Å². The minimum Gasteiger partial charge on any atom is -0.354 e. The van der Waals surface area contributed by atoms with Crippen molar-refractivity contribution >= 4 is 24.0 Å². The summed E-state index contributed by atoms with van der Waals surface area (Å²) >= 11 is 5.36. The highest BCUT2D eigenvalue weighted by molar-refractivity contribution is 7.71. The zero-order valence-electron chi connectivity index (χ0n) is 17.8. The number of benzene rings is 1. The third-order valence-corrected chi connectivity index (χ3v) is 6.02. The van der Waals surface area contributed by atoms with Gasteiger partial charge in [0.1, 0.15) is 12.1 Å². The molecule has 1 aromatic heterocycles. The summed E-state index contributed by atoms with van der Waals surface area (Å²) in [5.41, 5.74) is 1.19. The Labute approximate surface area is 182 Å². The number of carbonyl (C=O) groups excluding carboxylic acids is 2. The van der Waals surface area contributed by atoms with Crippen LogP contribution in [0.25, 0.3) is 11.4 Å². The van der Waals surface area contributed by atoms with Gasteiger partial charge >= 0.3 is 0 Å². The van der Waals surface area contributed by atoms with Crippen LogP contribution in [0, 0.1) is 11.7 Å². The van der Waals surface area contributed by atoms with Gasteiger partial charge in [-0.2, -0.15) is 5.10 Å². The molecule has 30 heavy (non-hydrogen) atoms. The number of hydrogen-bond acceptors (Lipinski definition) is 4. The second-order valence-electron chi connectivity index (χ2n) is 8.10. The van der Waals surface area contributed by atoms with E-state index in [1.54, 1.807) is 4.57 Å². The molecule has 1 aliphatic rings. The minimum atomic E-state index is -0.834. The number of H-pyrrole nitrogens is 1. The van der Waals surface area contributed by atoms with Crippen LogP contribution in [0.3, 0.4) is 0 Å². The summed E-state index contributed by atoms with van der Waals surface area (Å²) in [6.07, 6.45) is 6.23. The molecule has 162 valence electrons. The van der Waals surface area contributed by atoms with Crippen molar-refractivity contribution in [3.05, 3.63) is 34.6 Å². The van der Waals surface area contributed by atoms with E-state index in [4.69, 9.17) is 12.2 Å². The Morgan fingerprint density at radius 3 is 2.57 bits per heavy atom. The highest BCUT2D eigenvalue weighted by Crippen LogP contribution is 2.29. The molecule has 1 aliphatic carbocycles. The Morgan fingerprint density at radius 1 is 1.20 bits per heavy atom. The normalized spacial score (nSPS) is 15.5. The summed E-state index contributed by atoms with van der Waals surface area (Å²) in [4.78, 5) is 26.0. The lowest BCUT2D eigenvalue weighted by molar-refractivity contribution is -0.135. The Kier molecular flexibility index (Phi) is 7.42. The maximum Gasteiger partial charge on any atom is 0.245 e. The molecule has 7 nitrogen and oxygen atoms in total. The van der Waals surface area contributed by atoms with E-state index in [1.807, 2.05) is 31.2 Å². The van der Waals surface area contributed by atoms with Crippen molar-refractivity contribution < 1.29 is 9.59 Å². The summed E-state index contributed by atoms with van der Waals surface area (Å²) in [7, 11) is 0. The molecule has 8 heteroatoms. The standard InChI is InChI=1S/C22H31N5O2S/c1-3-4-14-23-20(29)22(12-6-5-7-13-22)24-18(28)15-27-19(25-26-21(27)30)17-10-8-16(2)9-11-17/h8-11H,3-7,12-15H2,1-2H3,(H,23,29)(H,24,28)(H,26,30). The Hall–Kier alpha value is -2.48. The van der Waals surface area contributed by atoms with E-state index in [2.05, 4.69) is 27.8 Å². The highest BCUT2D eigenvalue weighted by Gasteiger charge is 2.40. The number of aryl methyl sites for hydroxylation is 1. The molecule has 0 atom stereocenters. The van der Waals surface area contributed by atoms with Crippen LogP contribution < -0.4 is 10.6 Å². The maximum atomic E-state index is 13.0. The van der Waals surface area contributed by atoms with Gasteiger partial charge in [-0.05, 0) is 38.4 Å². The van der Waals surface area contributed by atoms with Gasteiger partial charge in [0.05, 0.1) is 0 Å². The van der Waals surface area contributed by atoms with Crippen LogP contribution in [0.15, 0.2) is 24.3 Å². The Morgan fingerprint density at radius 2 is 1.90 bits per heavy atom. The van der Waals surface area contributed by atoms with Crippen LogP contribution in [-0.2, 0) is 16.1 Å². The molecule has 1 saturated carbocycles. The second kappa shape index (κ2) is 10.0. The summed E-state index contributed by atoms with van der Waals surface area (Å²) in [6.45, 7) is 4.76. The fourth-order valence-corrected chi connectivity index (χ4v) is 4.15. The Balaban J connectivity index is 1.76. The maximum absolute atomic E-state index is 13.0. The number of rotatable bonds is 8. The van der Waals surface area contributed by atoms with Crippen molar-refractivity contribution in [1.29, 1.82) is 0 Å². The van der Waals surface area contributed by atoms with Gasteiger partial charge in [-0.3, -0.25) is 19.3 Å². The van der Waals surface area contributed by atoms with Crippen molar-refractivity contribution in [2.45, 2.75) is 70.9 Å². The summed E-state index contributed by atoms with van der Waals surface area (Å²) in [5, 5.41) is 13.2. The number of amides is 2. The monoisotopic (exact) mass is 429 g/mol. The van der Waals surface area contributed by atoms with Crippen molar-refractivity contribution in [3.63, 3.8) is 0 Å².